The Balaban J connectivity index is 5.28. The summed E-state index contributed by atoms with van der Waals surface area (Å²) in [5.74, 6) is 0. The van der Waals surface area contributed by atoms with Gasteiger partial charge in [-0.15, -0.1) is 0 Å². The largest absolute Gasteiger partial charge is 0.444 e. The lowest BCUT2D eigenvalue weighted by Gasteiger charge is -2.19. The normalized spacial score (nSPS) is 15.8. The van der Waals surface area contributed by atoms with Crippen molar-refractivity contribution in [3.05, 3.63) is 0 Å². The van der Waals surface area contributed by atoms with Crippen molar-refractivity contribution in [2.24, 2.45) is 4.99 Å². The van der Waals surface area contributed by atoms with Gasteiger partial charge >= 0.3 is 18.5 Å². The van der Waals surface area contributed by atoms with Gasteiger partial charge in [-0.1, -0.05) is 11.6 Å². The van der Waals surface area contributed by atoms with Gasteiger partial charge < -0.3 is 0 Å². The van der Waals surface area contributed by atoms with E-state index in [-0.39, 0.29) is 0 Å². The fraction of sp³-hybridized carbons (Fsp3) is 0.800. The maximum Gasteiger partial charge on any atom is 0.444 e. The molecule has 0 unspecified atom stereocenters. The van der Waals surface area contributed by atoms with Gasteiger partial charge in [0.05, 0.1) is 0 Å². The van der Waals surface area contributed by atoms with Crippen LogP contribution in [0.5, 0.6) is 0 Å². The molecule has 0 radical (unpaired) electrons. The van der Waals surface area contributed by atoms with Crippen LogP contribution in [0.3, 0.4) is 0 Å². The molecule has 0 saturated carbocycles. The molecule has 0 aromatic rings. The highest BCUT2D eigenvalue weighted by Gasteiger charge is 2.58. The Kier molecular flexibility index (Phi) is 4.12. The fourth-order valence-electron chi connectivity index (χ4n) is 0.518. The predicted octanol–water partition coefficient (Wildman–Crippen LogP) is 3.68. The van der Waals surface area contributed by atoms with Crippen LogP contribution in [0.4, 0.5) is 39.5 Å². The van der Waals surface area contributed by atoms with Crippen molar-refractivity contribution >= 4 is 16.8 Å². The molecular formula is C5HClF9N. The maximum atomic E-state index is 11.7. The fourth-order valence-corrected chi connectivity index (χ4v) is 0.616. The van der Waals surface area contributed by atoms with E-state index in [1.165, 1.54) is 4.99 Å². The second-order valence-corrected chi connectivity index (χ2v) is 2.76. The highest BCUT2D eigenvalue weighted by atomic mass is 35.5. The minimum Gasteiger partial charge on any atom is -0.247 e. The second-order valence-electron chi connectivity index (χ2n) is 2.40. The van der Waals surface area contributed by atoms with Gasteiger partial charge in [0.25, 0.3) is 0 Å². The minimum atomic E-state index is -6.00. The molecule has 0 aliphatic heterocycles. The molecule has 0 aliphatic rings. The van der Waals surface area contributed by atoms with Crippen LogP contribution in [0.1, 0.15) is 0 Å². The van der Waals surface area contributed by atoms with E-state index in [0.717, 1.165) is 0 Å². The third-order valence-electron chi connectivity index (χ3n) is 1.10. The molecule has 0 rings (SSSR count). The lowest BCUT2D eigenvalue weighted by Crippen LogP contribution is -2.42. The van der Waals surface area contributed by atoms with Gasteiger partial charge in [-0.2, -0.15) is 39.5 Å². The molecule has 0 N–H and O–H groups in total. The first-order chi connectivity index (χ1) is 6.76. The van der Waals surface area contributed by atoms with Crippen LogP contribution in [0.25, 0.3) is 0 Å². The van der Waals surface area contributed by atoms with E-state index in [1.807, 2.05) is 0 Å². The summed E-state index contributed by atoms with van der Waals surface area (Å²) in [7, 11) is 0. The molecule has 0 atom stereocenters. The van der Waals surface area contributed by atoms with Crippen LogP contribution in [0.15, 0.2) is 4.99 Å². The number of hydrogen-bond acceptors (Lipinski definition) is 1. The molecule has 0 amide bonds. The Morgan fingerprint density at radius 2 is 1.12 bits per heavy atom. The monoisotopic (exact) mass is 281 g/mol. The van der Waals surface area contributed by atoms with Gasteiger partial charge in [0.1, 0.15) is 0 Å². The Morgan fingerprint density at radius 1 is 0.812 bits per heavy atom. The Morgan fingerprint density at radius 3 is 1.31 bits per heavy atom. The highest BCUT2D eigenvalue weighted by molar-refractivity contribution is 6.66. The van der Waals surface area contributed by atoms with E-state index in [1.54, 1.807) is 0 Å². The van der Waals surface area contributed by atoms with Crippen molar-refractivity contribution in [3.8, 4) is 0 Å². The molecule has 0 heterocycles. The van der Waals surface area contributed by atoms with Gasteiger partial charge in [0, 0.05) is 0 Å². The molecule has 1 nitrogen and oxygen atoms in total. The zero-order valence-corrected chi connectivity index (χ0v) is 7.56. The third kappa shape index (κ3) is 4.45. The number of rotatable bonds is 1. The van der Waals surface area contributed by atoms with E-state index in [0.29, 0.717) is 0 Å². The Bertz CT molecular complexity index is 257. The Hall–Kier alpha value is -0.670. The molecule has 0 saturated heterocycles. The molecule has 0 aromatic carbocycles. The molecule has 0 aromatic heterocycles. The first kappa shape index (κ1) is 15.3. The van der Waals surface area contributed by atoms with Crippen LogP contribution in [0, 0.1) is 0 Å². The molecule has 16 heavy (non-hydrogen) atoms. The summed E-state index contributed by atoms with van der Waals surface area (Å²) in [4.78, 5) is 1.40. The second kappa shape index (κ2) is 4.30. The number of aliphatic imine (C=N–C) groups is 1. The molecule has 11 heteroatoms. The predicted molar refractivity (Wildman–Crippen MR) is 35.2 cm³/mol. The lowest BCUT2D eigenvalue weighted by atomic mass is 10.3. The van der Waals surface area contributed by atoms with E-state index in [2.05, 4.69) is 11.6 Å². The van der Waals surface area contributed by atoms with Crippen LogP contribution < -0.4 is 0 Å². The molecule has 0 bridgehead atoms. The zero-order valence-electron chi connectivity index (χ0n) is 6.80. The van der Waals surface area contributed by atoms with Crippen LogP contribution in [0.2, 0.25) is 0 Å². The average molecular weight is 282 g/mol. The summed E-state index contributed by atoms with van der Waals surface area (Å²) in [6.45, 7) is 0. The Labute approximate surface area is 86.9 Å². The van der Waals surface area contributed by atoms with Gasteiger partial charge in [-0.3, -0.25) is 0 Å². The summed E-state index contributed by atoms with van der Waals surface area (Å²) >= 11 is 4.19. The van der Waals surface area contributed by atoms with Crippen molar-refractivity contribution in [2.75, 3.05) is 0 Å². The van der Waals surface area contributed by atoms with Crippen LogP contribution in [-0.4, -0.2) is 29.7 Å². The smallest absolute Gasteiger partial charge is 0.247 e. The third-order valence-corrected chi connectivity index (χ3v) is 1.41. The van der Waals surface area contributed by atoms with Crippen LogP contribution in [-0.2, 0) is 0 Å². The first-order valence-electron chi connectivity index (χ1n) is 3.20. The van der Waals surface area contributed by atoms with E-state index < -0.39 is 29.7 Å². The summed E-state index contributed by atoms with van der Waals surface area (Å²) in [6.07, 6.45) is -17.6. The van der Waals surface area contributed by atoms with Gasteiger partial charge in [-0.25, -0.2) is 4.99 Å². The van der Waals surface area contributed by atoms with Crippen molar-refractivity contribution in [1.29, 1.82) is 0 Å². The quantitative estimate of drug-likeness (QED) is 0.513. The molecular weight excluding hydrogens is 280 g/mol. The van der Waals surface area contributed by atoms with Crippen molar-refractivity contribution < 1.29 is 39.5 Å². The van der Waals surface area contributed by atoms with E-state index in [9.17, 15) is 39.5 Å². The standard InChI is InChI=1S/C5HClF9N/c6-2(5(13,14)15)16-1(3(7,8)9)4(10,11)12/h1H. The van der Waals surface area contributed by atoms with Crippen LogP contribution >= 0.6 is 11.6 Å². The van der Waals surface area contributed by atoms with E-state index >= 15 is 0 Å². The molecule has 0 aliphatic carbocycles. The maximum absolute atomic E-state index is 11.7. The first-order valence-corrected chi connectivity index (χ1v) is 3.58. The number of halogens is 10. The molecule has 0 spiro atoms. The lowest BCUT2D eigenvalue weighted by molar-refractivity contribution is -0.248. The number of alkyl halides is 9. The highest BCUT2D eigenvalue weighted by Crippen LogP contribution is 2.37. The van der Waals surface area contributed by atoms with Gasteiger partial charge in [0.2, 0.25) is 11.2 Å². The molecule has 96 valence electrons. The number of hydrogen-bond donors (Lipinski definition) is 0. The zero-order chi connectivity index (χ0) is 13.4. The van der Waals surface area contributed by atoms with Gasteiger partial charge in [0.15, 0.2) is 0 Å². The summed E-state index contributed by atoms with van der Waals surface area (Å²) in [6, 6.07) is -4.49. The van der Waals surface area contributed by atoms with Crippen molar-refractivity contribution in [1.82, 2.24) is 0 Å². The summed E-state index contributed by atoms with van der Waals surface area (Å²) in [5, 5.41) is -2.72. The van der Waals surface area contributed by atoms with Gasteiger partial charge in [-0.05, 0) is 0 Å². The van der Waals surface area contributed by atoms with E-state index in [4.69, 9.17) is 0 Å². The molecule has 0 fully saturated rings. The summed E-state index contributed by atoms with van der Waals surface area (Å²) < 4.78 is 105. The average Bonchev–Trinajstić information content (AvgIpc) is 1.92. The topological polar surface area (TPSA) is 12.4 Å². The minimum absolute atomic E-state index is 1.40. The van der Waals surface area contributed by atoms with Crippen molar-refractivity contribution in [2.45, 2.75) is 24.6 Å². The van der Waals surface area contributed by atoms with Crippen molar-refractivity contribution in [3.63, 3.8) is 0 Å². The SMILES string of the molecule is FC(F)(F)C(Cl)=NC(C(F)(F)F)C(F)(F)F. The summed E-state index contributed by atoms with van der Waals surface area (Å²) in [5.41, 5.74) is 0. The number of nitrogens with zero attached hydrogens (tertiary/aromatic N) is 1.